The molecule has 4 heteroatoms. The van der Waals surface area contributed by atoms with E-state index in [1.54, 1.807) is 11.3 Å². The Morgan fingerprint density at radius 2 is 2.17 bits per heavy atom. The van der Waals surface area contributed by atoms with Crippen LogP contribution in [0.3, 0.4) is 0 Å². The van der Waals surface area contributed by atoms with Crippen LogP contribution in [0, 0.1) is 6.92 Å². The second kappa shape index (κ2) is 5.85. The molecule has 18 heavy (non-hydrogen) atoms. The molecule has 1 aromatic rings. The molecule has 1 atom stereocenters. The van der Waals surface area contributed by atoms with Gasteiger partial charge in [-0.25, -0.2) is 0 Å². The van der Waals surface area contributed by atoms with Gasteiger partial charge in [0.25, 0.3) is 0 Å². The Balaban J connectivity index is 2.01. The number of aryl methyl sites for hydroxylation is 1. The first-order chi connectivity index (χ1) is 8.58. The summed E-state index contributed by atoms with van der Waals surface area (Å²) in [6.45, 7) is 4.06. The van der Waals surface area contributed by atoms with Gasteiger partial charge in [0, 0.05) is 17.3 Å². The molecule has 3 N–H and O–H groups in total. The highest BCUT2D eigenvalue weighted by atomic mass is 32.1. The maximum Gasteiger partial charge on any atom is 0.225 e. The molecule has 1 aliphatic rings. The minimum absolute atomic E-state index is 0.0911. The van der Waals surface area contributed by atoms with Crippen molar-refractivity contribution in [3.05, 3.63) is 16.0 Å². The Hall–Kier alpha value is -0.870. The van der Waals surface area contributed by atoms with E-state index in [0.29, 0.717) is 6.42 Å². The van der Waals surface area contributed by atoms with Gasteiger partial charge < -0.3 is 11.1 Å². The van der Waals surface area contributed by atoms with Crippen LogP contribution >= 0.6 is 11.3 Å². The van der Waals surface area contributed by atoms with E-state index in [-0.39, 0.29) is 11.9 Å². The van der Waals surface area contributed by atoms with Gasteiger partial charge in [-0.15, -0.1) is 11.3 Å². The smallest absolute Gasteiger partial charge is 0.225 e. The normalized spacial score (nSPS) is 16.2. The molecule has 0 saturated heterocycles. The number of amides is 1. The molecule has 0 aliphatic heterocycles. The molecule has 0 aromatic carbocycles. The molecule has 2 rings (SSSR count). The molecule has 0 fully saturated rings. The Kier molecular flexibility index (Phi) is 4.40. The average molecular weight is 266 g/mol. The summed E-state index contributed by atoms with van der Waals surface area (Å²) in [5, 5.41) is 4.10. The van der Waals surface area contributed by atoms with Crippen LogP contribution in [0.4, 0.5) is 5.00 Å². The highest BCUT2D eigenvalue weighted by Gasteiger charge is 2.18. The quantitative estimate of drug-likeness (QED) is 0.880. The van der Waals surface area contributed by atoms with Crippen molar-refractivity contribution in [1.82, 2.24) is 0 Å². The number of anilines is 1. The zero-order valence-corrected chi connectivity index (χ0v) is 12.0. The zero-order chi connectivity index (χ0) is 13.1. The minimum atomic E-state index is 0.0911. The number of carbonyl (C=O) groups is 1. The fourth-order valence-electron chi connectivity index (χ4n) is 2.39. The van der Waals surface area contributed by atoms with Crippen molar-refractivity contribution >= 4 is 22.2 Å². The van der Waals surface area contributed by atoms with Crippen molar-refractivity contribution in [2.24, 2.45) is 5.73 Å². The molecule has 1 aromatic heterocycles. The van der Waals surface area contributed by atoms with Crippen LogP contribution < -0.4 is 11.1 Å². The highest BCUT2D eigenvalue weighted by molar-refractivity contribution is 7.16. The predicted molar refractivity (Wildman–Crippen MR) is 77.2 cm³/mol. The maximum absolute atomic E-state index is 11.8. The fourth-order valence-corrected chi connectivity index (χ4v) is 3.70. The van der Waals surface area contributed by atoms with E-state index >= 15 is 0 Å². The van der Waals surface area contributed by atoms with Gasteiger partial charge in [0.15, 0.2) is 0 Å². The number of nitrogens with two attached hydrogens (primary N) is 1. The van der Waals surface area contributed by atoms with Crippen molar-refractivity contribution in [1.29, 1.82) is 0 Å². The third-order valence-electron chi connectivity index (χ3n) is 3.52. The van der Waals surface area contributed by atoms with Gasteiger partial charge >= 0.3 is 0 Å². The second-order valence-corrected chi connectivity index (χ2v) is 6.33. The summed E-state index contributed by atoms with van der Waals surface area (Å²) >= 11 is 1.76. The summed E-state index contributed by atoms with van der Waals surface area (Å²) in [6.07, 6.45) is 6.17. The molecular formula is C14H22N2OS. The molecule has 1 aliphatic carbocycles. The molecule has 0 bridgehead atoms. The molecule has 0 spiro atoms. The number of thiophene rings is 1. The molecule has 0 radical (unpaired) electrons. The van der Waals surface area contributed by atoms with E-state index < -0.39 is 0 Å². The van der Waals surface area contributed by atoms with Crippen LogP contribution in [0.5, 0.6) is 0 Å². The van der Waals surface area contributed by atoms with Gasteiger partial charge in [-0.2, -0.15) is 0 Å². The summed E-state index contributed by atoms with van der Waals surface area (Å²) in [6, 6.07) is 0.0911. The molecule has 1 amide bonds. The number of hydrogen-bond acceptors (Lipinski definition) is 3. The molecule has 1 heterocycles. The summed E-state index contributed by atoms with van der Waals surface area (Å²) in [7, 11) is 0. The van der Waals surface area contributed by atoms with E-state index in [0.717, 1.165) is 11.4 Å². The molecule has 1 unspecified atom stereocenters. The number of nitrogens with one attached hydrogen (secondary N) is 1. The summed E-state index contributed by atoms with van der Waals surface area (Å²) in [4.78, 5) is 13.3. The standard InChI is InChI=1S/C14H22N2OS/c1-9(15)7-8-13(17)16-14-10(2)11-5-3-4-6-12(11)18-14/h9H,3-8,15H2,1-2H3,(H,16,17). The van der Waals surface area contributed by atoms with Crippen molar-refractivity contribution in [3.63, 3.8) is 0 Å². The number of hydrogen-bond donors (Lipinski definition) is 2. The Labute approximate surface area is 113 Å². The first-order valence-electron chi connectivity index (χ1n) is 6.74. The van der Waals surface area contributed by atoms with Gasteiger partial charge in [-0.05, 0) is 57.1 Å². The lowest BCUT2D eigenvalue weighted by Gasteiger charge is -2.10. The topological polar surface area (TPSA) is 55.1 Å². The van der Waals surface area contributed by atoms with Crippen molar-refractivity contribution in [3.8, 4) is 0 Å². The van der Waals surface area contributed by atoms with Crippen molar-refractivity contribution < 1.29 is 4.79 Å². The monoisotopic (exact) mass is 266 g/mol. The predicted octanol–water partition coefficient (Wildman–Crippen LogP) is 3.00. The second-order valence-electron chi connectivity index (χ2n) is 5.23. The van der Waals surface area contributed by atoms with Crippen LogP contribution in [-0.2, 0) is 17.6 Å². The SMILES string of the molecule is Cc1c(NC(=O)CCC(C)N)sc2c1CCCC2. The molecule has 3 nitrogen and oxygen atoms in total. The van der Waals surface area contributed by atoms with E-state index in [1.165, 1.54) is 41.7 Å². The van der Waals surface area contributed by atoms with E-state index in [9.17, 15) is 4.79 Å². The zero-order valence-electron chi connectivity index (χ0n) is 11.2. The fraction of sp³-hybridized carbons (Fsp3) is 0.643. The van der Waals surface area contributed by atoms with Gasteiger partial charge in [0.05, 0.1) is 5.00 Å². The van der Waals surface area contributed by atoms with Crippen LogP contribution in [-0.4, -0.2) is 11.9 Å². The van der Waals surface area contributed by atoms with Crippen molar-refractivity contribution in [2.45, 2.75) is 58.4 Å². The Bertz CT molecular complexity index is 437. The summed E-state index contributed by atoms with van der Waals surface area (Å²) in [5.74, 6) is 0.0917. The summed E-state index contributed by atoms with van der Waals surface area (Å²) < 4.78 is 0. The van der Waals surface area contributed by atoms with Gasteiger partial charge in [0.1, 0.15) is 0 Å². The maximum atomic E-state index is 11.8. The first-order valence-corrected chi connectivity index (χ1v) is 7.56. The molecule has 100 valence electrons. The largest absolute Gasteiger partial charge is 0.328 e. The average Bonchev–Trinajstić information content (AvgIpc) is 2.65. The van der Waals surface area contributed by atoms with Crippen LogP contribution in [0.2, 0.25) is 0 Å². The number of rotatable bonds is 4. The first kappa shape index (κ1) is 13.6. The highest BCUT2D eigenvalue weighted by Crippen LogP contribution is 2.37. The van der Waals surface area contributed by atoms with Gasteiger partial charge in [0.2, 0.25) is 5.91 Å². The summed E-state index contributed by atoms with van der Waals surface area (Å²) in [5.41, 5.74) is 8.43. The van der Waals surface area contributed by atoms with Crippen LogP contribution in [0.15, 0.2) is 0 Å². The lowest BCUT2D eigenvalue weighted by atomic mass is 9.96. The van der Waals surface area contributed by atoms with Crippen LogP contribution in [0.1, 0.15) is 48.6 Å². The lowest BCUT2D eigenvalue weighted by Crippen LogP contribution is -2.19. The Morgan fingerprint density at radius 1 is 1.44 bits per heavy atom. The van der Waals surface area contributed by atoms with Gasteiger partial charge in [-0.1, -0.05) is 0 Å². The van der Waals surface area contributed by atoms with Crippen LogP contribution in [0.25, 0.3) is 0 Å². The third-order valence-corrected chi connectivity index (χ3v) is 4.82. The third kappa shape index (κ3) is 3.12. The number of fused-ring (bicyclic) bond motifs is 1. The van der Waals surface area contributed by atoms with E-state index in [2.05, 4.69) is 12.2 Å². The Morgan fingerprint density at radius 3 is 2.83 bits per heavy atom. The molecule has 0 saturated carbocycles. The molecular weight excluding hydrogens is 244 g/mol. The number of carbonyl (C=O) groups excluding carboxylic acids is 1. The van der Waals surface area contributed by atoms with Gasteiger partial charge in [-0.3, -0.25) is 4.79 Å². The van der Waals surface area contributed by atoms with Crippen molar-refractivity contribution in [2.75, 3.05) is 5.32 Å². The minimum Gasteiger partial charge on any atom is -0.328 e. The van der Waals surface area contributed by atoms with E-state index in [1.807, 2.05) is 6.92 Å². The van der Waals surface area contributed by atoms with E-state index in [4.69, 9.17) is 5.73 Å². The lowest BCUT2D eigenvalue weighted by molar-refractivity contribution is -0.116.